The van der Waals surface area contributed by atoms with Crippen LogP contribution in [0.4, 0.5) is 0 Å². The second kappa shape index (κ2) is 15.0. The van der Waals surface area contributed by atoms with Gasteiger partial charge >= 0.3 is 0 Å². The van der Waals surface area contributed by atoms with Crippen LogP contribution < -0.4 is 0 Å². The van der Waals surface area contributed by atoms with E-state index in [2.05, 4.69) is 6.92 Å². The predicted octanol–water partition coefficient (Wildman–Crippen LogP) is 5.47. The number of unbranched alkanes of at least 4 members (excludes halogenated alkanes) is 8. The van der Waals surface area contributed by atoms with E-state index in [1.165, 1.54) is 57.8 Å². The Hall–Kier alpha value is -0.0800. The largest absolute Gasteiger partial charge is 0.346 e. The SMILES string of the molecule is CCCCCCCCCCC[C](OCC)OCC. The van der Waals surface area contributed by atoms with Gasteiger partial charge in [0.15, 0.2) is 0 Å². The first-order valence-electron chi connectivity index (χ1n) is 7.96. The molecule has 2 heteroatoms. The van der Waals surface area contributed by atoms with E-state index in [0.717, 1.165) is 12.7 Å². The molecule has 1 radical (unpaired) electrons. The Morgan fingerprint density at radius 2 is 1.06 bits per heavy atom. The molecule has 0 bridgehead atoms. The molecule has 0 saturated heterocycles. The molecule has 109 valence electrons. The van der Waals surface area contributed by atoms with Gasteiger partial charge in [-0.1, -0.05) is 58.3 Å². The van der Waals surface area contributed by atoms with Crippen molar-refractivity contribution in [2.24, 2.45) is 0 Å². The van der Waals surface area contributed by atoms with E-state index < -0.39 is 0 Å². The first-order chi connectivity index (χ1) is 8.85. The summed E-state index contributed by atoms with van der Waals surface area (Å²) in [4.78, 5) is 0. The molecule has 0 unspecified atom stereocenters. The molecule has 0 aromatic rings. The standard InChI is InChI=1S/C16H33O2/c1-4-7-8-9-10-11-12-13-14-15-16(17-5-2)18-6-3/h4-15H2,1-3H3. The molecule has 0 aliphatic rings. The van der Waals surface area contributed by atoms with Crippen molar-refractivity contribution in [1.82, 2.24) is 0 Å². The van der Waals surface area contributed by atoms with Crippen molar-refractivity contribution in [3.63, 3.8) is 0 Å². The highest BCUT2D eigenvalue weighted by atomic mass is 16.7. The predicted molar refractivity (Wildman–Crippen MR) is 78.3 cm³/mol. The monoisotopic (exact) mass is 257 g/mol. The Bertz CT molecular complexity index is 142. The van der Waals surface area contributed by atoms with Crippen LogP contribution in [0.5, 0.6) is 0 Å². The van der Waals surface area contributed by atoms with Crippen LogP contribution in [0.3, 0.4) is 0 Å². The molecule has 0 aliphatic heterocycles. The van der Waals surface area contributed by atoms with Crippen LogP contribution >= 0.6 is 0 Å². The van der Waals surface area contributed by atoms with Gasteiger partial charge in [-0.2, -0.15) is 0 Å². The molecule has 2 nitrogen and oxygen atoms in total. The molecule has 0 aromatic carbocycles. The highest BCUT2D eigenvalue weighted by molar-refractivity contribution is 4.65. The van der Waals surface area contributed by atoms with E-state index in [1.54, 1.807) is 0 Å². The minimum atomic E-state index is 0.715. The molecule has 0 amide bonds. The summed E-state index contributed by atoms with van der Waals surface area (Å²) in [6, 6.07) is 0. The smallest absolute Gasteiger partial charge is 0.223 e. The quantitative estimate of drug-likeness (QED) is 0.384. The summed E-state index contributed by atoms with van der Waals surface area (Å²) in [5, 5.41) is 0. The van der Waals surface area contributed by atoms with Crippen molar-refractivity contribution in [3.8, 4) is 0 Å². The Kier molecular flexibility index (Phi) is 14.9. The Morgan fingerprint density at radius 1 is 0.611 bits per heavy atom. The van der Waals surface area contributed by atoms with E-state index in [0.29, 0.717) is 13.2 Å². The van der Waals surface area contributed by atoms with Crippen molar-refractivity contribution in [3.05, 3.63) is 6.29 Å². The van der Waals surface area contributed by atoms with Crippen LogP contribution in [0.25, 0.3) is 0 Å². The molecule has 0 saturated carbocycles. The highest BCUT2D eigenvalue weighted by Gasteiger charge is 2.08. The zero-order valence-corrected chi connectivity index (χ0v) is 12.8. The first-order valence-corrected chi connectivity index (χ1v) is 7.96. The van der Waals surface area contributed by atoms with Gasteiger partial charge in [0.2, 0.25) is 6.29 Å². The molecule has 0 aliphatic carbocycles. The number of hydrogen-bond acceptors (Lipinski definition) is 2. The molecule has 0 spiro atoms. The van der Waals surface area contributed by atoms with Crippen molar-refractivity contribution < 1.29 is 9.47 Å². The summed E-state index contributed by atoms with van der Waals surface area (Å²) in [6.07, 6.45) is 14.1. The fraction of sp³-hybridized carbons (Fsp3) is 0.938. The van der Waals surface area contributed by atoms with Gasteiger partial charge in [-0.3, -0.25) is 0 Å². The van der Waals surface area contributed by atoms with Gasteiger partial charge in [-0.25, -0.2) is 0 Å². The maximum atomic E-state index is 5.45. The van der Waals surface area contributed by atoms with Crippen LogP contribution in [-0.4, -0.2) is 13.2 Å². The summed E-state index contributed by atoms with van der Waals surface area (Å²) < 4.78 is 10.9. The third kappa shape index (κ3) is 12.4. The van der Waals surface area contributed by atoms with Crippen molar-refractivity contribution in [2.75, 3.05) is 13.2 Å². The average Bonchev–Trinajstić information content (AvgIpc) is 2.37. The summed E-state index contributed by atoms with van der Waals surface area (Å²) in [6.45, 7) is 7.72. The lowest BCUT2D eigenvalue weighted by molar-refractivity contribution is -0.0433. The van der Waals surface area contributed by atoms with Gasteiger partial charge in [0.25, 0.3) is 0 Å². The normalized spacial score (nSPS) is 11.3. The second-order valence-electron chi connectivity index (χ2n) is 4.82. The summed E-state index contributed by atoms with van der Waals surface area (Å²) >= 11 is 0. The maximum absolute atomic E-state index is 5.45. The Labute approximate surface area is 114 Å². The summed E-state index contributed by atoms with van der Waals surface area (Å²) in [5.74, 6) is 0. The zero-order chi connectivity index (χ0) is 13.5. The van der Waals surface area contributed by atoms with E-state index in [4.69, 9.17) is 9.47 Å². The Morgan fingerprint density at radius 3 is 1.50 bits per heavy atom. The molecule has 0 rings (SSSR count). The van der Waals surface area contributed by atoms with Crippen LogP contribution in [0.1, 0.15) is 85.0 Å². The molecule has 0 fully saturated rings. The van der Waals surface area contributed by atoms with Gasteiger partial charge in [0.1, 0.15) is 0 Å². The van der Waals surface area contributed by atoms with Gasteiger partial charge in [-0.15, -0.1) is 0 Å². The van der Waals surface area contributed by atoms with Gasteiger partial charge < -0.3 is 9.47 Å². The van der Waals surface area contributed by atoms with Crippen LogP contribution in [-0.2, 0) is 9.47 Å². The van der Waals surface area contributed by atoms with E-state index in [-0.39, 0.29) is 0 Å². The van der Waals surface area contributed by atoms with Crippen LogP contribution in [0.2, 0.25) is 0 Å². The minimum absolute atomic E-state index is 0.715. The lowest BCUT2D eigenvalue weighted by atomic mass is 10.1. The first kappa shape index (κ1) is 17.9. The average molecular weight is 257 g/mol. The Balaban J connectivity index is 3.21. The van der Waals surface area contributed by atoms with Crippen LogP contribution in [0.15, 0.2) is 0 Å². The van der Waals surface area contributed by atoms with E-state index >= 15 is 0 Å². The van der Waals surface area contributed by atoms with Gasteiger partial charge in [-0.05, 0) is 20.3 Å². The lowest BCUT2D eigenvalue weighted by Gasteiger charge is -2.14. The van der Waals surface area contributed by atoms with Crippen LogP contribution in [0, 0.1) is 6.29 Å². The fourth-order valence-electron chi connectivity index (χ4n) is 2.09. The van der Waals surface area contributed by atoms with Gasteiger partial charge in [0, 0.05) is 19.6 Å². The van der Waals surface area contributed by atoms with Gasteiger partial charge in [0.05, 0.1) is 0 Å². The molecule has 0 aromatic heterocycles. The number of ether oxygens (including phenoxy) is 2. The fourth-order valence-corrected chi connectivity index (χ4v) is 2.09. The second-order valence-corrected chi connectivity index (χ2v) is 4.82. The van der Waals surface area contributed by atoms with Crippen molar-refractivity contribution in [2.45, 2.75) is 85.0 Å². The third-order valence-electron chi connectivity index (χ3n) is 3.10. The van der Waals surface area contributed by atoms with Crippen molar-refractivity contribution in [1.29, 1.82) is 0 Å². The molecular weight excluding hydrogens is 224 g/mol. The highest BCUT2D eigenvalue weighted by Crippen LogP contribution is 2.16. The topological polar surface area (TPSA) is 18.5 Å². The maximum Gasteiger partial charge on any atom is 0.223 e. The third-order valence-corrected chi connectivity index (χ3v) is 3.10. The number of rotatable bonds is 14. The number of hydrogen-bond donors (Lipinski definition) is 0. The van der Waals surface area contributed by atoms with E-state index in [1.807, 2.05) is 13.8 Å². The molecule has 0 N–H and O–H groups in total. The lowest BCUT2D eigenvalue weighted by Crippen LogP contribution is -2.08. The molecule has 18 heavy (non-hydrogen) atoms. The zero-order valence-electron chi connectivity index (χ0n) is 12.8. The van der Waals surface area contributed by atoms with E-state index in [9.17, 15) is 0 Å². The summed E-state index contributed by atoms with van der Waals surface area (Å²) in [5.41, 5.74) is 0. The summed E-state index contributed by atoms with van der Waals surface area (Å²) in [7, 11) is 0. The molecule has 0 atom stereocenters. The molecule has 0 heterocycles. The van der Waals surface area contributed by atoms with Crippen molar-refractivity contribution >= 4 is 0 Å². The molecular formula is C16H33O2. The minimum Gasteiger partial charge on any atom is -0.346 e.